The number of pyridine rings is 1. The van der Waals surface area contributed by atoms with Gasteiger partial charge in [0.25, 0.3) is 5.91 Å². The van der Waals surface area contributed by atoms with Gasteiger partial charge in [0, 0.05) is 18.3 Å². The number of aromatic nitrogens is 1. The van der Waals surface area contributed by atoms with E-state index in [1.165, 1.54) is 5.56 Å². The standard InChI is InChI=1S/C22H27ClN2O3/c1-4-12-25(18-10-6-8-15-9-7-11-24-20(15)18)22(26)16-13-17(23)21(28-5-2)19(14-16)27-3/h7,9,11,13-14,18H,4-6,8,10,12H2,1-3H3/t18-/m1/s1. The number of fused-ring (bicyclic) bond motifs is 1. The number of benzene rings is 1. The predicted molar refractivity (Wildman–Crippen MR) is 110 cm³/mol. The zero-order chi connectivity index (χ0) is 20.1. The molecule has 150 valence electrons. The van der Waals surface area contributed by atoms with Crippen LogP contribution in [-0.2, 0) is 6.42 Å². The average molecular weight is 403 g/mol. The summed E-state index contributed by atoms with van der Waals surface area (Å²) in [5.74, 6) is 0.875. The van der Waals surface area contributed by atoms with E-state index in [1.54, 1.807) is 19.2 Å². The van der Waals surface area contributed by atoms with Crippen molar-refractivity contribution < 1.29 is 14.3 Å². The number of methoxy groups -OCH3 is 1. The van der Waals surface area contributed by atoms with Crippen LogP contribution in [-0.4, -0.2) is 36.1 Å². The van der Waals surface area contributed by atoms with Crippen LogP contribution in [0.3, 0.4) is 0 Å². The second kappa shape index (κ2) is 9.28. The van der Waals surface area contributed by atoms with E-state index in [1.807, 2.05) is 24.1 Å². The lowest BCUT2D eigenvalue weighted by molar-refractivity contribution is 0.0651. The maximum absolute atomic E-state index is 13.5. The Balaban J connectivity index is 1.98. The molecule has 0 unspecified atom stereocenters. The van der Waals surface area contributed by atoms with Crippen molar-refractivity contribution >= 4 is 17.5 Å². The Morgan fingerprint density at radius 2 is 2.18 bits per heavy atom. The average Bonchev–Trinajstić information content (AvgIpc) is 2.72. The first kappa shape index (κ1) is 20.5. The fourth-order valence-electron chi connectivity index (χ4n) is 3.82. The van der Waals surface area contributed by atoms with Gasteiger partial charge in [-0.1, -0.05) is 24.6 Å². The molecule has 6 heteroatoms. The second-order valence-electron chi connectivity index (χ2n) is 6.88. The van der Waals surface area contributed by atoms with Crippen LogP contribution in [0.15, 0.2) is 30.5 Å². The van der Waals surface area contributed by atoms with Crippen LogP contribution in [0.25, 0.3) is 0 Å². The molecule has 1 heterocycles. The van der Waals surface area contributed by atoms with Crippen LogP contribution in [0.5, 0.6) is 11.5 Å². The Kier molecular flexibility index (Phi) is 6.79. The number of nitrogens with zero attached hydrogens (tertiary/aromatic N) is 2. The highest BCUT2D eigenvalue weighted by molar-refractivity contribution is 6.32. The molecule has 28 heavy (non-hydrogen) atoms. The highest BCUT2D eigenvalue weighted by Gasteiger charge is 2.31. The normalized spacial score (nSPS) is 15.6. The molecule has 0 aliphatic heterocycles. The van der Waals surface area contributed by atoms with E-state index in [0.717, 1.165) is 31.4 Å². The van der Waals surface area contributed by atoms with Crippen LogP contribution >= 0.6 is 11.6 Å². The summed E-state index contributed by atoms with van der Waals surface area (Å²) >= 11 is 6.40. The number of hydrogen-bond donors (Lipinski definition) is 0. The Hall–Kier alpha value is -2.27. The molecule has 5 nitrogen and oxygen atoms in total. The Morgan fingerprint density at radius 3 is 2.89 bits per heavy atom. The molecule has 1 amide bonds. The van der Waals surface area contributed by atoms with E-state index in [0.29, 0.717) is 35.2 Å². The second-order valence-corrected chi connectivity index (χ2v) is 7.28. The molecular formula is C22H27ClN2O3. The van der Waals surface area contributed by atoms with E-state index < -0.39 is 0 Å². The molecule has 0 fully saturated rings. The van der Waals surface area contributed by atoms with Gasteiger partial charge in [-0.25, -0.2) is 0 Å². The molecule has 1 aromatic carbocycles. The van der Waals surface area contributed by atoms with Crippen LogP contribution in [0.2, 0.25) is 5.02 Å². The maximum atomic E-state index is 13.5. The fraction of sp³-hybridized carbons (Fsp3) is 0.455. The van der Waals surface area contributed by atoms with Gasteiger partial charge in [-0.15, -0.1) is 0 Å². The van der Waals surface area contributed by atoms with Gasteiger partial charge in [-0.3, -0.25) is 9.78 Å². The van der Waals surface area contributed by atoms with E-state index in [2.05, 4.69) is 18.0 Å². The van der Waals surface area contributed by atoms with Gasteiger partial charge >= 0.3 is 0 Å². The number of aryl methyl sites for hydroxylation is 1. The fourth-order valence-corrected chi connectivity index (χ4v) is 4.09. The molecule has 1 aliphatic carbocycles. The zero-order valence-corrected chi connectivity index (χ0v) is 17.5. The third-order valence-corrected chi connectivity index (χ3v) is 5.31. The van der Waals surface area contributed by atoms with E-state index >= 15 is 0 Å². The number of carbonyl (C=O) groups is 1. The van der Waals surface area contributed by atoms with Crippen molar-refractivity contribution in [2.45, 2.75) is 45.6 Å². The largest absolute Gasteiger partial charge is 0.493 e. The van der Waals surface area contributed by atoms with E-state index in [-0.39, 0.29) is 11.9 Å². The van der Waals surface area contributed by atoms with Gasteiger partial charge < -0.3 is 14.4 Å². The third kappa shape index (κ3) is 4.09. The SMILES string of the molecule is CCCN(C(=O)c1cc(Cl)c(OCC)c(OC)c1)[C@@H]1CCCc2cccnc21. The lowest BCUT2D eigenvalue weighted by atomic mass is 9.90. The summed E-state index contributed by atoms with van der Waals surface area (Å²) in [6, 6.07) is 7.44. The van der Waals surface area contributed by atoms with Gasteiger partial charge in [0.1, 0.15) is 0 Å². The van der Waals surface area contributed by atoms with Crippen molar-refractivity contribution in [1.29, 1.82) is 0 Å². The minimum Gasteiger partial charge on any atom is -0.493 e. The lowest BCUT2D eigenvalue weighted by Crippen LogP contribution is -2.37. The first-order chi connectivity index (χ1) is 13.6. The molecule has 0 spiro atoms. The predicted octanol–water partition coefficient (Wildman–Crippen LogP) is 5.07. The maximum Gasteiger partial charge on any atom is 0.254 e. The summed E-state index contributed by atoms with van der Waals surface area (Å²) in [6.07, 6.45) is 5.65. The Labute approximate surface area is 171 Å². The van der Waals surface area contributed by atoms with Crippen molar-refractivity contribution in [3.63, 3.8) is 0 Å². The van der Waals surface area contributed by atoms with Crippen LogP contribution < -0.4 is 9.47 Å². The van der Waals surface area contributed by atoms with E-state index in [4.69, 9.17) is 21.1 Å². The molecule has 1 aromatic heterocycles. The van der Waals surface area contributed by atoms with Crippen molar-refractivity contribution in [2.24, 2.45) is 0 Å². The van der Waals surface area contributed by atoms with Crippen LogP contribution in [0, 0.1) is 0 Å². The van der Waals surface area contributed by atoms with E-state index in [9.17, 15) is 4.79 Å². The molecule has 0 N–H and O–H groups in total. The topological polar surface area (TPSA) is 51.7 Å². The van der Waals surface area contributed by atoms with Crippen LogP contribution in [0.1, 0.15) is 60.8 Å². The van der Waals surface area contributed by atoms with Crippen molar-refractivity contribution in [1.82, 2.24) is 9.88 Å². The summed E-state index contributed by atoms with van der Waals surface area (Å²) in [4.78, 5) is 20.0. The van der Waals surface area contributed by atoms with Gasteiger partial charge in [0.05, 0.1) is 30.5 Å². The summed E-state index contributed by atoms with van der Waals surface area (Å²) < 4.78 is 11.0. The number of rotatable bonds is 7. The van der Waals surface area contributed by atoms with Gasteiger partial charge in [-0.2, -0.15) is 0 Å². The Morgan fingerprint density at radius 1 is 1.36 bits per heavy atom. The first-order valence-electron chi connectivity index (χ1n) is 9.85. The molecule has 1 atom stereocenters. The summed E-state index contributed by atoms with van der Waals surface area (Å²) in [6.45, 7) is 5.09. The van der Waals surface area contributed by atoms with Gasteiger partial charge in [0.15, 0.2) is 11.5 Å². The smallest absolute Gasteiger partial charge is 0.254 e. The minimum atomic E-state index is -0.0615. The highest BCUT2D eigenvalue weighted by atomic mass is 35.5. The first-order valence-corrected chi connectivity index (χ1v) is 10.2. The number of hydrogen-bond acceptors (Lipinski definition) is 4. The molecular weight excluding hydrogens is 376 g/mol. The Bertz CT molecular complexity index is 841. The third-order valence-electron chi connectivity index (χ3n) is 5.03. The van der Waals surface area contributed by atoms with Crippen molar-refractivity contribution in [3.05, 3.63) is 52.3 Å². The molecule has 0 saturated carbocycles. The number of halogens is 1. The van der Waals surface area contributed by atoms with Crippen molar-refractivity contribution in [3.8, 4) is 11.5 Å². The number of ether oxygens (including phenoxy) is 2. The summed E-state index contributed by atoms with van der Waals surface area (Å²) in [7, 11) is 1.55. The van der Waals surface area contributed by atoms with Gasteiger partial charge in [0.2, 0.25) is 0 Å². The number of amides is 1. The minimum absolute atomic E-state index is 0.0197. The molecule has 3 rings (SSSR count). The summed E-state index contributed by atoms with van der Waals surface area (Å²) in [5, 5.41) is 0.378. The molecule has 2 aromatic rings. The van der Waals surface area contributed by atoms with Gasteiger partial charge in [-0.05, 0) is 56.4 Å². The zero-order valence-electron chi connectivity index (χ0n) is 16.7. The van der Waals surface area contributed by atoms with Crippen LogP contribution in [0.4, 0.5) is 0 Å². The monoisotopic (exact) mass is 402 g/mol. The number of carbonyl (C=O) groups excluding carboxylic acids is 1. The molecule has 0 radical (unpaired) electrons. The molecule has 0 saturated heterocycles. The summed E-state index contributed by atoms with van der Waals surface area (Å²) in [5.41, 5.74) is 2.75. The molecule has 1 aliphatic rings. The van der Waals surface area contributed by atoms with Crippen molar-refractivity contribution in [2.75, 3.05) is 20.3 Å². The quantitative estimate of drug-likeness (QED) is 0.648. The highest BCUT2D eigenvalue weighted by Crippen LogP contribution is 2.38. The lowest BCUT2D eigenvalue weighted by Gasteiger charge is -2.35. The molecule has 0 bridgehead atoms.